The molecule has 1 aromatic carbocycles. The molecule has 2 aromatic rings. The van der Waals surface area contributed by atoms with Crippen molar-refractivity contribution in [1.82, 2.24) is 10.3 Å². The number of hydrogen-bond acceptors (Lipinski definition) is 4. The number of nitrogens with two attached hydrogens (primary N) is 1. The number of benzene rings is 1. The molecular formula is C24H28F2N4O2. The number of aromatic nitrogens is 1. The summed E-state index contributed by atoms with van der Waals surface area (Å²) in [6.07, 6.45) is 7.65. The van der Waals surface area contributed by atoms with Crippen LogP contribution in [0.1, 0.15) is 44.1 Å². The number of nitrogens with one attached hydrogen (secondary N) is 2. The van der Waals surface area contributed by atoms with E-state index in [2.05, 4.69) is 15.6 Å². The van der Waals surface area contributed by atoms with Gasteiger partial charge in [-0.25, -0.2) is 8.78 Å². The fraction of sp³-hybridized carbons (Fsp3) is 0.458. The Labute approximate surface area is 186 Å². The summed E-state index contributed by atoms with van der Waals surface area (Å²) in [5, 5.41) is 5.82. The predicted octanol–water partition coefficient (Wildman–Crippen LogP) is 3.28. The Bertz CT molecular complexity index is 973. The lowest BCUT2D eigenvalue weighted by Crippen LogP contribution is -2.48. The van der Waals surface area contributed by atoms with Crippen LogP contribution in [0.3, 0.4) is 0 Å². The Morgan fingerprint density at radius 1 is 1.06 bits per heavy atom. The van der Waals surface area contributed by atoms with Crippen LogP contribution in [0.2, 0.25) is 0 Å². The third kappa shape index (κ3) is 4.96. The van der Waals surface area contributed by atoms with Gasteiger partial charge in [-0.3, -0.25) is 14.6 Å². The summed E-state index contributed by atoms with van der Waals surface area (Å²) in [5.74, 6) is -2.09. The van der Waals surface area contributed by atoms with Gasteiger partial charge in [0.2, 0.25) is 11.8 Å². The first-order chi connectivity index (χ1) is 15.4. The molecule has 4 rings (SSSR count). The highest BCUT2D eigenvalue weighted by atomic mass is 19.2. The quantitative estimate of drug-likeness (QED) is 0.613. The fourth-order valence-corrected chi connectivity index (χ4v) is 4.55. The van der Waals surface area contributed by atoms with Crippen LogP contribution in [0.25, 0.3) is 0 Å². The molecule has 2 saturated carbocycles. The molecular weight excluding hydrogens is 414 g/mol. The molecule has 0 aliphatic heterocycles. The second-order valence-corrected chi connectivity index (χ2v) is 8.99. The largest absolute Gasteiger partial charge is 0.354 e. The van der Waals surface area contributed by atoms with Crippen molar-refractivity contribution in [1.29, 1.82) is 0 Å². The molecule has 0 radical (unpaired) electrons. The molecule has 1 atom stereocenters. The minimum absolute atomic E-state index is 0.0124. The smallest absolute Gasteiger partial charge is 0.237 e. The van der Waals surface area contributed by atoms with E-state index < -0.39 is 17.7 Å². The van der Waals surface area contributed by atoms with Crippen molar-refractivity contribution in [2.45, 2.75) is 50.0 Å². The second-order valence-electron chi connectivity index (χ2n) is 8.99. The van der Waals surface area contributed by atoms with Crippen LogP contribution in [0.5, 0.6) is 0 Å². The summed E-state index contributed by atoms with van der Waals surface area (Å²) in [6.45, 7) is 0.355. The summed E-state index contributed by atoms with van der Waals surface area (Å²) in [6, 6.07) is 6.76. The predicted molar refractivity (Wildman–Crippen MR) is 117 cm³/mol. The maximum absolute atomic E-state index is 13.6. The van der Waals surface area contributed by atoms with Gasteiger partial charge < -0.3 is 16.4 Å². The van der Waals surface area contributed by atoms with Crippen molar-refractivity contribution in [3.05, 3.63) is 59.9 Å². The van der Waals surface area contributed by atoms with E-state index in [1.54, 1.807) is 30.6 Å². The third-order valence-corrected chi connectivity index (χ3v) is 6.89. The molecule has 1 heterocycles. The number of anilines is 1. The van der Waals surface area contributed by atoms with Crippen molar-refractivity contribution in [3.63, 3.8) is 0 Å². The number of pyridine rings is 1. The maximum atomic E-state index is 13.6. The van der Waals surface area contributed by atoms with Gasteiger partial charge in [0.05, 0.1) is 6.04 Å². The van der Waals surface area contributed by atoms with Gasteiger partial charge in [-0.15, -0.1) is 0 Å². The van der Waals surface area contributed by atoms with E-state index in [9.17, 15) is 18.4 Å². The first-order valence-corrected chi connectivity index (χ1v) is 11.1. The summed E-state index contributed by atoms with van der Waals surface area (Å²) >= 11 is 0. The van der Waals surface area contributed by atoms with E-state index in [1.807, 2.05) is 0 Å². The van der Waals surface area contributed by atoms with Crippen LogP contribution in [0.4, 0.5) is 14.5 Å². The zero-order chi connectivity index (χ0) is 22.7. The second kappa shape index (κ2) is 9.32. The molecule has 2 aliphatic rings. The van der Waals surface area contributed by atoms with Crippen LogP contribution in [-0.2, 0) is 15.0 Å². The average Bonchev–Trinajstić information content (AvgIpc) is 3.60. The Kier molecular flexibility index (Phi) is 6.50. The fourth-order valence-electron chi connectivity index (χ4n) is 4.55. The number of carbonyl (C=O) groups is 2. The molecule has 6 nitrogen and oxygen atoms in total. The Morgan fingerprint density at radius 3 is 2.38 bits per heavy atom. The van der Waals surface area contributed by atoms with Gasteiger partial charge >= 0.3 is 0 Å². The first kappa shape index (κ1) is 22.3. The van der Waals surface area contributed by atoms with Crippen LogP contribution in [0, 0.1) is 23.5 Å². The van der Waals surface area contributed by atoms with Gasteiger partial charge in [-0.1, -0.05) is 6.07 Å². The van der Waals surface area contributed by atoms with Crippen LogP contribution >= 0.6 is 0 Å². The number of amides is 2. The van der Waals surface area contributed by atoms with Crippen molar-refractivity contribution in [3.8, 4) is 0 Å². The molecule has 2 aliphatic carbocycles. The molecule has 2 amide bonds. The molecule has 170 valence electrons. The van der Waals surface area contributed by atoms with Gasteiger partial charge in [0.25, 0.3) is 0 Å². The molecule has 0 spiro atoms. The zero-order valence-corrected chi connectivity index (χ0v) is 17.8. The highest BCUT2D eigenvalue weighted by Crippen LogP contribution is 2.48. The highest BCUT2D eigenvalue weighted by molar-refractivity contribution is 5.92. The average molecular weight is 443 g/mol. The minimum Gasteiger partial charge on any atom is -0.354 e. The molecule has 4 N–H and O–H groups in total. The van der Waals surface area contributed by atoms with E-state index in [-0.39, 0.29) is 29.1 Å². The van der Waals surface area contributed by atoms with E-state index >= 15 is 0 Å². The lowest BCUT2D eigenvalue weighted by molar-refractivity contribution is -0.124. The zero-order valence-electron chi connectivity index (χ0n) is 17.8. The van der Waals surface area contributed by atoms with Crippen molar-refractivity contribution in [2.24, 2.45) is 17.6 Å². The van der Waals surface area contributed by atoms with E-state index in [4.69, 9.17) is 5.73 Å². The lowest BCUT2D eigenvalue weighted by Gasteiger charge is -2.31. The Morgan fingerprint density at radius 2 is 1.75 bits per heavy atom. The summed E-state index contributed by atoms with van der Waals surface area (Å²) in [5.41, 5.74) is 7.32. The number of carbonyl (C=O) groups excluding carboxylic acids is 2. The van der Waals surface area contributed by atoms with Gasteiger partial charge in [0, 0.05) is 36.0 Å². The van der Waals surface area contributed by atoms with Crippen molar-refractivity contribution in [2.75, 3.05) is 11.9 Å². The van der Waals surface area contributed by atoms with Crippen LogP contribution in [0.15, 0.2) is 42.7 Å². The van der Waals surface area contributed by atoms with Crippen molar-refractivity contribution >= 4 is 17.5 Å². The number of hydrogen-bond donors (Lipinski definition) is 3. The monoisotopic (exact) mass is 442 g/mol. The molecule has 1 unspecified atom stereocenters. The van der Waals surface area contributed by atoms with Gasteiger partial charge in [-0.2, -0.15) is 0 Å². The van der Waals surface area contributed by atoms with E-state index in [1.165, 1.54) is 6.07 Å². The van der Waals surface area contributed by atoms with Gasteiger partial charge in [-0.05, 0) is 74.3 Å². The molecule has 2 fully saturated rings. The Balaban J connectivity index is 1.25. The lowest BCUT2D eigenvalue weighted by atomic mass is 9.78. The van der Waals surface area contributed by atoms with E-state index in [0.717, 1.165) is 24.6 Å². The van der Waals surface area contributed by atoms with Crippen LogP contribution in [-0.4, -0.2) is 29.4 Å². The SMILES string of the molecule is NC(C(=O)NCC1(c2ccc(F)c(F)c2)CC1)C1CCC(C(=O)Nc2ccncc2)CC1. The van der Waals surface area contributed by atoms with Gasteiger partial charge in [0.15, 0.2) is 11.6 Å². The maximum Gasteiger partial charge on any atom is 0.237 e. The molecule has 8 heteroatoms. The summed E-state index contributed by atoms with van der Waals surface area (Å²) in [4.78, 5) is 29.1. The summed E-state index contributed by atoms with van der Waals surface area (Å²) < 4.78 is 26.8. The molecule has 1 aromatic heterocycles. The standard InChI is InChI=1S/C24H28F2N4O2/c25-19-6-5-17(13-20(19)26)24(9-10-24)14-29-23(32)21(27)15-1-3-16(4-2-15)22(31)30-18-7-11-28-12-8-18/h5-8,11-13,15-16,21H,1-4,9-10,14,27H2,(H,29,32)(H,28,30,31). The molecule has 0 bridgehead atoms. The van der Waals surface area contributed by atoms with Crippen molar-refractivity contribution < 1.29 is 18.4 Å². The topological polar surface area (TPSA) is 97.1 Å². The molecule has 0 saturated heterocycles. The normalized spacial score (nSPS) is 22.6. The minimum atomic E-state index is -0.874. The molecule has 32 heavy (non-hydrogen) atoms. The third-order valence-electron chi connectivity index (χ3n) is 6.89. The first-order valence-electron chi connectivity index (χ1n) is 11.1. The number of rotatable bonds is 7. The van der Waals surface area contributed by atoms with E-state index in [0.29, 0.717) is 37.8 Å². The van der Waals surface area contributed by atoms with Crippen LogP contribution < -0.4 is 16.4 Å². The highest BCUT2D eigenvalue weighted by Gasteiger charge is 2.45. The van der Waals surface area contributed by atoms with Gasteiger partial charge in [0.1, 0.15) is 0 Å². The Hall–Kier alpha value is -2.87. The summed E-state index contributed by atoms with van der Waals surface area (Å²) in [7, 11) is 0. The number of halogens is 2. The number of nitrogens with zero attached hydrogens (tertiary/aromatic N) is 1.